The Morgan fingerprint density at radius 1 is 1.00 bits per heavy atom. The molecule has 0 amide bonds. The molecule has 1 nitrogen and oxygen atoms in total. The Labute approximate surface area is 105 Å². The first-order chi connectivity index (χ1) is 8.43. The van der Waals surface area contributed by atoms with Crippen LogP contribution >= 0.6 is 0 Å². The van der Waals surface area contributed by atoms with Gasteiger partial charge >= 0.3 is 0 Å². The molecule has 0 aliphatic carbocycles. The average Bonchev–Trinajstić information content (AvgIpc) is 2.37. The fourth-order valence-electron chi connectivity index (χ4n) is 4.17. The predicted molar refractivity (Wildman–Crippen MR) is 73.7 cm³/mol. The van der Waals surface area contributed by atoms with Crippen molar-refractivity contribution in [1.29, 1.82) is 0 Å². The minimum atomic E-state index is 1.03. The van der Waals surface area contributed by atoms with Crippen LogP contribution in [0.15, 0.2) is 24.5 Å². The van der Waals surface area contributed by atoms with E-state index in [1.165, 1.54) is 56.8 Å². The Hall–Kier alpha value is -0.785. The number of aromatic nitrogens is 1. The maximum absolute atomic E-state index is 4.10. The molecule has 3 rings (SSSR count). The van der Waals surface area contributed by atoms with Crippen LogP contribution < -0.4 is 0 Å². The average molecular weight is 227 g/mol. The van der Waals surface area contributed by atoms with Crippen LogP contribution in [0.2, 0.25) is 18.0 Å². The lowest BCUT2D eigenvalue weighted by Gasteiger charge is -2.40. The topological polar surface area (TPSA) is 12.9 Å². The molecule has 1 aromatic rings. The van der Waals surface area contributed by atoms with Crippen LogP contribution in [0.5, 0.6) is 0 Å². The molecule has 2 bridgehead atoms. The zero-order chi connectivity index (χ0) is 11.5. The van der Waals surface area contributed by atoms with Crippen molar-refractivity contribution in [1.82, 2.24) is 4.98 Å². The van der Waals surface area contributed by atoms with Crippen molar-refractivity contribution in [2.45, 2.75) is 62.9 Å². The van der Waals surface area contributed by atoms with Gasteiger partial charge in [-0.15, -0.1) is 0 Å². The van der Waals surface area contributed by atoms with Crippen molar-refractivity contribution in [3.8, 4) is 0 Å². The molecule has 0 unspecified atom stereocenters. The van der Waals surface area contributed by atoms with Crippen LogP contribution in [0, 0.1) is 0 Å². The molecule has 3 heterocycles. The molecular weight excluding hydrogens is 205 g/mol. The molecule has 2 aliphatic heterocycles. The summed E-state index contributed by atoms with van der Waals surface area (Å²) in [6.45, 7) is 1.03. The van der Waals surface area contributed by atoms with E-state index in [4.69, 9.17) is 0 Å². The van der Waals surface area contributed by atoms with E-state index < -0.39 is 0 Å². The lowest BCUT2D eigenvalue weighted by atomic mass is 9.25. The number of rotatable bonds is 3. The third-order valence-electron chi connectivity index (χ3n) is 5.03. The van der Waals surface area contributed by atoms with Gasteiger partial charge in [0.05, 0.1) is 0 Å². The zero-order valence-electron chi connectivity index (χ0n) is 10.6. The number of fused-ring (bicyclic) bond motifs is 2. The summed E-state index contributed by atoms with van der Waals surface area (Å²) in [7, 11) is 0. The van der Waals surface area contributed by atoms with E-state index in [0.29, 0.717) is 0 Å². The smallest absolute Gasteiger partial charge is 0.146 e. The summed E-state index contributed by atoms with van der Waals surface area (Å²) >= 11 is 0. The van der Waals surface area contributed by atoms with E-state index in [-0.39, 0.29) is 0 Å². The second-order valence-electron chi connectivity index (χ2n) is 5.94. The van der Waals surface area contributed by atoms with Crippen molar-refractivity contribution in [2.75, 3.05) is 0 Å². The van der Waals surface area contributed by atoms with Crippen LogP contribution in [-0.4, -0.2) is 11.7 Å². The second-order valence-corrected chi connectivity index (χ2v) is 5.94. The highest BCUT2D eigenvalue weighted by Crippen LogP contribution is 2.47. The van der Waals surface area contributed by atoms with Gasteiger partial charge < -0.3 is 0 Å². The molecule has 0 atom stereocenters. The lowest BCUT2D eigenvalue weighted by Crippen LogP contribution is -2.34. The molecule has 0 radical (unpaired) electrons. The summed E-state index contributed by atoms with van der Waals surface area (Å²) in [6.07, 6.45) is 15.6. The van der Waals surface area contributed by atoms with E-state index in [1.807, 2.05) is 12.4 Å². The SMILES string of the molecule is c1cc(CCB2C3CCCC2CCC3)ccn1. The van der Waals surface area contributed by atoms with Gasteiger partial charge in [-0.2, -0.15) is 0 Å². The van der Waals surface area contributed by atoms with E-state index in [2.05, 4.69) is 17.1 Å². The summed E-state index contributed by atoms with van der Waals surface area (Å²) < 4.78 is 0. The molecule has 17 heavy (non-hydrogen) atoms. The molecule has 0 aromatic carbocycles. The molecule has 2 fully saturated rings. The second kappa shape index (κ2) is 5.24. The quantitative estimate of drug-likeness (QED) is 0.704. The fraction of sp³-hybridized carbons (Fsp3) is 0.667. The molecule has 0 saturated carbocycles. The van der Waals surface area contributed by atoms with Crippen molar-refractivity contribution < 1.29 is 0 Å². The highest BCUT2D eigenvalue weighted by molar-refractivity contribution is 6.62. The van der Waals surface area contributed by atoms with E-state index in [9.17, 15) is 0 Å². The summed E-state index contributed by atoms with van der Waals surface area (Å²) in [5, 5.41) is 0. The molecule has 2 aliphatic rings. The van der Waals surface area contributed by atoms with Crippen LogP contribution in [0.25, 0.3) is 0 Å². The van der Waals surface area contributed by atoms with Crippen molar-refractivity contribution in [2.24, 2.45) is 0 Å². The van der Waals surface area contributed by atoms with Gasteiger partial charge in [-0.3, -0.25) is 4.98 Å². The fourth-order valence-corrected chi connectivity index (χ4v) is 4.17. The number of hydrogen-bond acceptors (Lipinski definition) is 1. The largest absolute Gasteiger partial charge is 0.265 e. The van der Waals surface area contributed by atoms with Crippen molar-refractivity contribution >= 4 is 6.71 Å². The highest BCUT2D eigenvalue weighted by atomic mass is 14.6. The first kappa shape index (κ1) is 11.3. The van der Waals surface area contributed by atoms with Gasteiger partial charge in [-0.25, -0.2) is 0 Å². The minimum Gasteiger partial charge on any atom is -0.265 e. The summed E-state index contributed by atoms with van der Waals surface area (Å²) in [5.74, 6) is 2.12. The van der Waals surface area contributed by atoms with Crippen molar-refractivity contribution in [3.05, 3.63) is 30.1 Å². The predicted octanol–water partition coefficient (Wildman–Crippen LogP) is 4.23. The van der Waals surface area contributed by atoms with Gasteiger partial charge in [-0.1, -0.05) is 56.5 Å². The van der Waals surface area contributed by atoms with E-state index >= 15 is 0 Å². The van der Waals surface area contributed by atoms with Gasteiger partial charge in [0.25, 0.3) is 0 Å². The zero-order valence-corrected chi connectivity index (χ0v) is 10.6. The van der Waals surface area contributed by atoms with Gasteiger partial charge in [0, 0.05) is 12.4 Å². The first-order valence-electron chi connectivity index (χ1n) is 7.32. The Kier molecular flexibility index (Phi) is 3.49. The summed E-state index contributed by atoms with van der Waals surface area (Å²) in [6, 6.07) is 4.36. The maximum Gasteiger partial charge on any atom is 0.146 e. The third kappa shape index (κ3) is 2.56. The molecule has 0 N–H and O–H groups in total. The Balaban J connectivity index is 1.61. The van der Waals surface area contributed by atoms with Crippen LogP contribution in [0.4, 0.5) is 0 Å². The van der Waals surface area contributed by atoms with Crippen LogP contribution in [0.1, 0.15) is 44.1 Å². The summed E-state index contributed by atoms with van der Waals surface area (Å²) in [4.78, 5) is 4.10. The monoisotopic (exact) mass is 227 g/mol. The first-order valence-corrected chi connectivity index (χ1v) is 7.32. The van der Waals surface area contributed by atoms with Gasteiger partial charge in [-0.05, 0) is 24.1 Å². The Morgan fingerprint density at radius 3 is 2.18 bits per heavy atom. The molecular formula is C15H22BN. The van der Waals surface area contributed by atoms with Gasteiger partial charge in [0.2, 0.25) is 0 Å². The van der Waals surface area contributed by atoms with Crippen LogP contribution in [0.3, 0.4) is 0 Å². The van der Waals surface area contributed by atoms with Crippen LogP contribution in [-0.2, 0) is 6.42 Å². The third-order valence-corrected chi connectivity index (χ3v) is 5.03. The lowest BCUT2D eigenvalue weighted by molar-refractivity contribution is 0.441. The molecule has 90 valence electrons. The van der Waals surface area contributed by atoms with E-state index in [0.717, 1.165) is 18.3 Å². The molecule has 2 heteroatoms. The minimum absolute atomic E-state index is 1.03. The van der Waals surface area contributed by atoms with Crippen molar-refractivity contribution in [3.63, 3.8) is 0 Å². The number of aryl methyl sites for hydroxylation is 1. The Bertz CT molecular complexity index is 329. The normalized spacial score (nSPS) is 28.1. The summed E-state index contributed by atoms with van der Waals surface area (Å²) in [5.41, 5.74) is 1.48. The number of nitrogens with zero attached hydrogens (tertiary/aromatic N) is 1. The maximum atomic E-state index is 4.10. The molecule has 1 aromatic heterocycles. The standard InChI is InChI=1S/C15H22BN/c1-3-14-5-2-6-15(4-1)16(14)10-7-13-8-11-17-12-9-13/h8-9,11-12,14-15H,1-7,10H2. The molecule has 0 spiro atoms. The van der Waals surface area contributed by atoms with E-state index in [1.54, 1.807) is 0 Å². The highest BCUT2D eigenvalue weighted by Gasteiger charge is 2.38. The molecule has 2 saturated heterocycles. The number of pyridine rings is 1. The number of hydrogen-bond donors (Lipinski definition) is 0. The Morgan fingerprint density at radius 2 is 1.59 bits per heavy atom. The van der Waals surface area contributed by atoms with Gasteiger partial charge in [0.1, 0.15) is 6.71 Å². The van der Waals surface area contributed by atoms with Gasteiger partial charge in [0.15, 0.2) is 0 Å².